The van der Waals surface area contributed by atoms with E-state index < -0.39 is 0 Å². The lowest BCUT2D eigenvalue weighted by atomic mass is 10.0. The molecule has 1 atom stereocenters. The molecule has 3 heteroatoms. The Labute approximate surface area is 104 Å². The number of hydrogen-bond acceptors (Lipinski definition) is 3. The van der Waals surface area contributed by atoms with Gasteiger partial charge in [0.25, 0.3) is 0 Å². The fraction of sp³-hybridized carbons (Fsp3) is 0.643. The number of anilines is 1. The van der Waals surface area contributed by atoms with Crippen LogP contribution in [-0.4, -0.2) is 30.2 Å². The Morgan fingerprint density at radius 1 is 1.41 bits per heavy atom. The topological polar surface area (TPSA) is 28.2 Å². The molecule has 0 amide bonds. The fourth-order valence-corrected chi connectivity index (χ4v) is 2.41. The maximum Gasteiger partial charge on any atom is 0.128 e. The van der Waals surface area contributed by atoms with Crippen LogP contribution >= 0.6 is 0 Å². The maximum absolute atomic E-state index is 4.48. The molecule has 2 rings (SSSR count). The molecule has 1 aliphatic rings. The Morgan fingerprint density at radius 3 is 3.00 bits per heavy atom. The molecule has 0 bridgehead atoms. The number of aromatic nitrogens is 1. The number of piperidine rings is 1. The van der Waals surface area contributed by atoms with Crippen molar-refractivity contribution in [3.8, 4) is 0 Å². The maximum atomic E-state index is 4.48. The molecule has 17 heavy (non-hydrogen) atoms. The summed E-state index contributed by atoms with van der Waals surface area (Å²) in [5.74, 6) is 1.13. The molecule has 0 radical (unpaired) electrons. The van der Waals surface area contributed by atoms with Crippen LogP contribution in [0.25, 0.3) is 0 Å². The molecule has 0 aromatic carbocycles. The predicted molar refractivity (Wildman–Crippen MR) is 72.4 cm³/mol. The van der Waals surface area contributed by atoms with Gasteiger partial charge in [-0.3, -0.25) is 0 Å². The molecule has 1 N–H and O–H groups in total. The Kier molecular flexibility index (Phi) is 4.37. The number of rotatable bonds is 4. The van der Waals surface area contributed by atoms with E-state index in [1.165, 1.54) is 19.3 Å². The van der Waals surface area contributed by atoms with E-state index in [0.29, 0.717) is 12.1 Å². The normalized spacial score (nSPS) is 20.9. The monoisotopic (exact) mass is 233 g/mol. The van der Waals surface area contributed by atoms with Crippen molar-refractivity contribution in [2.75, 3.05) is 18.0 Å². The minimum Gasteiger partial charge on any atom is -0.352 e. The van der Waals surface area contributed by atoms with Crippen molar-refractivity contribution in [3.63, 3.8) is 0 Å². The Hall–Kier alpha value is -1.09. The number of pyridine rings is 1. The van der Waals surface area contributed by atoms with Gasteiger partial charge in [-0.1, -0.05) is 19.9 Å². The van der Waals surface area contributed by atoms with E-state index in [4.69, 9.17) is 0 Å². The fourth-order valence-electron chi connectivity index (χ4n) is 2.41. The third-order valence-electron chi connectivity index (χ3n) is 3.33. The van der Waals surface area contributed by atoms with Gasteiger partial charge >= 0.3 is 0 Å². The average Bonchev–Trinajstić information content (AvgIpc) is 2.38. The van der Waals surface area contributed by atoms with Gasteiger partial charge in [-0.15, -0.1) is 0 Å². The highest BCUT2D eigenvalue weighted by Gasteiger charge is 2.23. The van der Waals surface area contributed by atoms with Crippen LogP contribution in [0.3, 0.4) is 0 Å². The van der Waals surface area contributed by atoms with Crippen molar-refractivity contribution in [1.29, 1.82) is 0 Å². The van der Waals surface area contributed by atoms with Crippen LogP contribution in [0.5, 0.6) is 0 Å². The summed E-state index contributed by atoms with van der Waals surface area (Å²) in [7, 11) is 0. The van der Waals surface area contributed by atoms with Crippen LogP contribution in [0.2, 0.25) is 0 Å². The lowest BCUT2D eigenvalue weighted by Gasteiger charge is -2.37. The van der Waals surface area contributed by atoms with Crippen molar-refractivity contribution in [2.45, 2.75) is 45.2 Å². The third-order valence-corrected chi connectivity index (χ3v) is 3.33. The molecular weight excluding hydrogens is 210 g/mol. The molecule has 1 saturated heterocycles. The van der Waals surface area contributed by atoms with Gasteiger partial charge in [-0.2, -0.15) is 0 Å². The summed E-state index contributed by atoms with van der Waals surface area (Å²) < 4.78 is 0. The summed E-state index contributed by atoms with van der Waals surface area (Å²) in [5.41, 5.74) is 0. The lowest BCUT2D eigenvalue weighted by molar-refractivity contribution is 0.419. The highest BCUT2D eigenvalue weighted by atomic mass is 15.2. The van der Waals surface area contributed by atoms with E-state index in [1.54, 1.807) is 0 Å². The second-order valence-corrected chi connectivity index (χ2v) is 5.09. The van der Waals surface area contributed by atoms with Crippen molar-refractivity contribution < 1.29 is 0 Å². The van der Waals surface area contributed by atoms with Gasteiger partial charge in [0.1, 0.15) is 5.82 Å². The van der Waals surface area contributed by atoms with Crippen molar-refractivity contribution in [1.82, 2.24) is 10.3 Å². The molecule has 0 spiro atoms. The first kappa shape index (κ1) is 12.4. The minimum atomic E-state index is 0.558. The molecule has 94 valence electrons. The van der Waals surface area contributed by atoms with Crippen LogP contribution < -0.4 is 10.2 Å². The summed E-state index contributed by atoms with van der Waals surface area (Å²) >= 11 is 0. The van der Waals surface area contributed by atoms with Crippen molar-refractivity contribution in [3.05, 3.63) is 24.4 Å². The van der Waals surface area contributed by atoms with Gasteiger partial charge in [0.2, 0.25) is 0 Å². The minimum absolute atomic E-state index is 0.558. The van der Waals surface area contributed by atoms with E-state index in [-0.39, 0.29) is 0 Å². The quantitative estimate of drug-likeness (QED) is 0.865. The average molecular weight is 233 g/mol. The second kappa shape index (κ2) is 6.01. The number of hydrogen-bond donors (Lipinski definition) is 1. The standard InChI is InChI=1S/C14H23N3/c1-12(2)16-11-13-7-4-6-10-17(13)14-8-3-5-9-15-14/h3,5,8-9,12-13,16H,4,6-7,10-11H2,1-2H3. The molecule has 0 aliphatic carbocycles. The zero-order valence-corrected chi connectivity index (χ0v) is 10.9. The second-order valence-electron chi connectivity index (χ2n) is 5.09. The van der Waals surface area contributed by atoms with Gasteiger partial charge in [0.15, 0.2) is 0 Å². The zero-order valence-electron chi connectivity index (χ0n) is 10.9. The van der Waals surface area contributed by atoms with Gasteiger partial charge in [0, 0.05) is 31.4 Å². The highest BCUT2D eigenvalue weighted by molar-refractivity contribution is 5.39. The van der Waals surface area contributed by atoms with Crippen LogP contribution in [-0.2, 0) is 0 Å². The van der Waals surface area contributed by atoms with Crippen molar-refractivity contribution in [2.24, 2.45) is 0 Å². The molecule has 1 fully saturated rings. The molecule has 3 nitrogen and oxygen atoms in total. The first-order valence-corrected chi connectivity index (χ1v) is 6.68. The van der Waals surface area contributed by atoms with E-state index in [1.807, 2.05) is 12.3 Å². The molecule has 1 aromatic rings. The first-order chi connectivity index (χ1) is 8.27. The summed E-state index contributed by atoms with van der Waals surface area (Å²) in [4.78, 5) is 6.94. The third kappa shape index (κ3) is 3.43. The van der Waals surface area contributed by atoms with Gasteiger partial charge in [-0.05, 0) is 31.4 Å². The molecule has 0 saturated carbocycles. The molecule has 1 unspecified atom stereocenters. The van der Waals surface area contributed by atoms with Crippen LogP contribution in [0.15, 0.2) is 24.4 Å². The smallest absolute Gasteiger partial charge is 0.128 e. The van der Waals surface area contributed by atoms with Crippen LogP contribution in [0.4, 0.5) is 5.82 Å². The molecule has 1 aromatic heterocycles. The summed E-state index contributed by atoms with van der Waals surface area (Å²) in [5, 5.41) is 3.55. The zero-order chi connectivity index (χ0) is 12.1. The molecular formula is C14H23N3. The van der Waals surface area contributed by atoms with Crippen molar-refractivity contribution >= 4 is 5.82 Å². The summed E-state index contributed by atoms with van der Waals surface area (Å²) in [6, 6.07) is 7.33. The van der Waals surface area contributed by atoms with Crippen LogP contribution in [0, 0.1) is 0 Å². The lowest BCUT2D eigenvalue weighted by Crippen LogP contribution is -2.47. The molecule has 2 heterocycles. The highest BCUT2D eigenvalue weighted by Crippen LogP contribution is 2.22. The Bertz CT molecular complexity index is 323. The number of nitrogens with one attached hydrogen (secondary N) is 1. The summed E-state index contributed by atoms with van der Waals surface area (Å²) in [6.45, 7) is 6.61. The number of nitrogens with zero attached hydrogens (tertiary/aromatic N) is 2. The van der Waals surface area contributed by atoms with Gasteiger partial charge in [-0.25, -0.2) is 4.98 Å². The summed E-state index contributed by atoms with van der Waals surface area (Å²) in [6.07, 6.45) is 5.79. The van der Waals surface area contributed by atoms with E-state index >= 15 is 0 Å². The first-order valence-electron chi connectivity index (χ1n) is 6.68. The van der Waals surface area contributed by atoms with Gasteiger partial charge in [0.05, 0.1) is 0 Å². The van der Waals surface area contributed by atoms with E-state index in [0.717, 1.165) is 18.9 Å². The largest absolute Gasteiger partial charge is 0.352 e. The van der Waals surface area contributed by atoms with E-state index in [2.05, 4.69) is 41.2 Å². The van der Waals surface area contributed by atoms with Gasteiger partial charge < -0.3 is 10.2 Å². The van der Waals surface area contributed by atoms with Crippen LogP contribution in [0.1, 0.15) is 33.1 Å². The predicted octanol–water partition coefficient (Wildman–Crippen LogP) is 2.44. The van der Waals surface area contributed by atoms with E-state index in [9.17, 15) is 0 Å². The Morgan fingerprint density at radius 2 is 2.29 bits per heavy atom. The Balaban J connectivity index is 2.02. The molecule has 1 aliphatic heterocycles. The SMILES string of the molecule is CC(C)NCC1CCCCN1c1ccccn1.